The van der Waals surface area contributed by atoms with Gasteiger partial charge in [0, 0.05) is 5.33 Å². The predicted molar refractivity (Wildman–Crippen MR) is 43.9 cm³/mol. The molecule has 0 radical (unpaired) electrons. The van der Waals surface area contributed by atoms with Gasteiger partial charge in [0.1, 0.15) is 0 Å². The number of alkyl halides is 1. The van der Waals surface area contributed by atoms with Gasteiger partial charge in [0.2, 0.25) is 0 Å². The highest BCUT2D eigenvalue weighted by Crippen LogP contribution is 2.11. The van der Waals surface area contributed by atoms with Crippen molar-refractivity contribution in [1.82, 2.24) is 0 Å². The Labute approximate surface area is 65.6 Å². The second-order valence-corrected chi connectivity index (χ2v) is 3.14. The number of aliphatic hydroxyl groups is 1. The zero-order chi connectivity index (χ0) is 7.28. The molecule has 0 aliphatic rings. The van der Waals surface area contributed by atoms with Gasteiger partial charge in [-0.25, -0.2) is 0 Å². The van der Waals surface area contributed by atoms with Crippen LogP contribution in [0.5, 0.6) is 0 Å². The van der Waals surface area contributed by atoms with Crippen LogP contribution in [-0.4, -0.2) is 16.5 Å². The molecule has 2 atom stereocenters. The van der Waals surface area contributed by atoms with Crippen LogP contribution in [0.1, 0.15) is 26.7 Å². The van der Waals surface area contributed by atoms with Gasteiger partial charge >= 0.3 is 0 Å². The first-order chi connectivity index (χ1) is 4.22. The average molecular weight is 195 g/mol. The fraction of sp³-hybridized carbons (Fsp3) is 1.00. The molecule has 0 heterocycles. The van der Waals surface area contributed by atoms with Gasteiger partial charge in [0.15, 0.2) is 0 Å². The fourth-order valence-electron chi connectivity index (χ4n) is 0.800. The number of halogens is 1. The van der Waals surface area contributed by atoms with E-state index in [2.05, 4.69) is 29.8 Å². The molecule has 0 rings (SSSR count). The summed E-state index contributed by atoms with van der Waals surface area (Å²) in [5.74, 6) is 0.439. The molecule has 0 aromatic heterocycles. The Morgan fingerprint density at radius 1 is 1.56 bits per heavy atom. The lowest BCUT2D eigenvalue weighted by Crippen LogP contribution is -2.18. The molecule has 1 nitrogen and oxygen atoms in total. The maximum atomic E-state index is 9.21. The highest BCUT2D eigenvalue weighted by molar-refractivity contribution is 9.09. The summed E-state index contributed by atoms with van der Waals surface area (Å²) in [7, 11) is 0. The zero-order valence-electron chi connectivity index (χ0n) is 6.10. The topological polar surface area (TPSA) is 20.2 Å². The van der Waals surface area contributed by atoms with Crippen molar-refractivity contribution >= 4 is 15.9 Å². The molecular formula is C7H15BrO. The summed E-state index contributed by atoms with van der Waals surface area (Å²) in [6, 6.07) is 0. The molecule has 2 unspecified atom stereocenters. The van der Waals surface area contributed by atoms with Gasteiger partial charge in [0.05, 0.1) is 6.10 Å². The van der Waals surface area contributed by atoms with E-state index in [-0.39, 0.29) is 6.10 Å². The fourth-order valence-corrected chi connectivity index (χ4v) is 1.44. The Morgan fingerprint density at radius 2 is 2.11 bits per heavy atom. The highest BCUT2D eigenvalue weighted by atomic mass is 79.9. The van der Waals surface area contributed by atoms with Crippen LogP contribution in [0, 0.1) is 5.92 Å². The highest BCUT2D eigenvalue weighted by Gasteiger charge is 2.10. The maximum absolute atomic E-state index is 9.21. The van der Waals surface area contributed by atoms with Crippen LogP contribution in [-0.2, 0) is 0 Å². The van der Waals surface area contributed by atoms with Gasteiger partial charge in [-0.1, -0.05) is 36.2 Å². The van der Waals surface area contributed by atoms with E-state index in [4.69, 9.17) is 0 Å². The van der Waals surface area contributed by atoms with Gasteiger partial charge in [0.25, 0.3) is 0 Å². The Kier molecular flexibility index (Phi) is 5.50. The molecule has 0 fully saturated rings. The van der Waals surface area contributed by atoms with Gasteiger partial charge < -0.3 is 5.11 Å². The molecular weight excluding hydrogens is 180 g/mol. The lowest BCUT2D eigenvalue weighted by atomic mass is 10.0. The molecule has 0 aromatic rings. The lowest BCUT2D eigenvalue weighted by Gasteiger charge is -2.14. The van der Waals surface area contributed by atoms with Gasteiger partial charge in [-0.3, -0.25) is 0 Å². The minimum absolute atomic E-state index is 0.162. The number of hydrogen-bond acceptors (Lipinski definition) is 1. The molecule has 0 aromatic carbocycles. The molecule has 0 amide bonds. The van der Waals surface area contributed by atoms with Crippen molar-refractivity contribution in [1.29, 1.82) is 0 Å². The van der Waals surface area contributed by atoms with E-state index in [1.54, 1.807) is 0 Å². The SMILES string of the molecule is CCCC(C)C(O)CBr. The van der Waals surface area contributed by atoms with Crippen molar-refractivity contribution < 1.29 is 5.11 Å². The summed E-state index contributed by atoms with van der Waals surface area (Å²) in [5.41, 5.74) is 0. The van der Waals surface area contributed by atoms with Crippen LogP contribution in [0.25, 0.3) is 0 Å². The lowest BCUT2D eigenvalue weighted by molar-refractivity contribution is 0.135. The van der Waals surface area contributed by atoms with Crippen LogP contribution in [0.2, 0.25) is 0 Å². The van der Waals surface area contributed by atoms with E-state index in [9.17, 15) is 5.11 Å². The molecule has 56 valence electrons. The Balaban J connectivity index is 3.32. The molecule has 0 aliphatic carbocycles. The van der Waals surface area contributed by atoms with Crippen molar-refractivity contribution in [3.63, 3.8) is 0 Å². The minimum atomic E-state index is -0.162. The van der Waals surface area contributed by atoms with Gasteiger partial charge in [-0.2, -0.15) is 0 Å². The first kappa shape index (κ1) is 9.44. The first-order valence-electron chi connectivity index (χ1n) is 3.46. The quantitative estimate of drug-likeness (QED) is 0.681. The standard InChI is InChI=1S/C7H15BrO/c1-3-4-6(2)7(9)5-8/h6-7,9H,3-5H2,1-2H3. The van der Waals surface area contributed by atoms with Crippen LogP contribution in [0.4, 0.5) is 0 Å². The van der Waals surface area contributed by atoms with E-state index in [1.807, 2.05) is 0 Å². The second-order valence-electron chi connectivity index (χ2n) is 2.49. The van der Waals surface area contributed by atoms with Gasteiger partial charge in [-0.15, -0.1) is 0 Å². The Hall–Kier alpha value is 0.440. The molecule has 9 heavy (non-hydrogen) atoms. The average Bonchev–Trinajstić information content (AvgIpc) is 1.87. The van der Waals surface area contributed by atoms with Crippen LogP contribution in [0.3, 0.4) is 0 Å². The normalized spacial score (nSPS) is 17.3. The summed E-state index contributed by atoms with van der Waals surface area (Å²) in [6.07, 6.45) is 2.11. The summed E-state index contributed by atoms with van der Waals surface area (Å²) < 4.78 is 0. The minimum Gasteiger partial charge on any atom is -0.392 e. The van der Waals surface area contributed by atoms with E-state index < -0.39 is 0 Å². The summed E-state index contributed by atoms with van der Waals surface area (Å²) >= 11 is 3.24. The molecule has 0 saturated heterocycles. The van der Waals surface area contributed by atoms with Crippen molar-refractivity contribution in [2.75, 3.05) is 5.33 Å². The molecule has 2 heteroatoms. The van der Waals surface area contributed by atoms with Crippen molar-refractivity contribution in [3.05, 3.63) is 0 Å². The third-order valence-electron chi connectivity index (χ3n) is 1.56. The number of rotatable bonds is 4. The third kappa shape index (κ3) is 3.93. The molecule has 1 N–H and O–H groups in total. The van der Waals surface area contributed by atoms with Crippen LogP contribution < -0.4 is 0 Å². The Morgan fingerprint density at radius 3 is 2.44 bits per heavy atom. The Bertz CT molecular complexity index is 65.9. The smallest absolute Gasteiger partial charge is 0.0662 e. The van der Waals surface area contributed by atoms with Crippen molar-refractivity contribution in [2.45, 2.75) is 32.8 Å². The molecule has 0 aliphatic heterocycles. The van der Waals surface area contributed by atoms with E-state index in [0.717, 1.165) is 12.8 Å². The first-order valence-corrected chi connectivity index (χ1v) is 4.58. The van der Waals surface area contributed by atoms with Crippen LogP contribution in [0.15, 0.2) is 0 Å². The maximum Gasteiger partial charge on any atom is 0.0662 e. The summed E-state index contributed by atoms with van der Waals surface area (Å²) in [5, 5.41) is 9.91. The largest absolute Gasteiger partial charge is 0.392 e. The molecule has 0 spiro atoms. The summed E-state index contributed by atoms with van der Waals surface area (Å²) in [4.78, 5) is 0. The second kappa shape index (κ2) is 5.24. The van der Waals surface area contributed by atoms with E-state index >= 15 is 0 Å². The van der Waals surface area contributed by atoms with E-state index in [0.29, 0.717) is 11.2 Å². The summed E-state index contributed by atoms with van der Waals surface area (Å²) in [6.45, 7) is 4.22. The van der Waals surface area contributed by atoms with Crippen molar-refractivity contribution in [2.24, 2.45) is 5.92 Å². The predicted octanol–water partition coefficient (Wildman–Crippen LogP) is 2.18. The molecule has 0 bridgehead atoms. The zero-order valence-corrected chi connectivity index (χ0v) is 7.69. The molecule has 0 saturated carbocycles. The third-order valence-corrected chi connectivity index (χ3v) is 2.22. The van der Waals surface area contributed by atoms with Gasteiger partial charge in [-0.05, 0) is 12.3 Å². The monoisotopic (exact) mass is 194 g/mol. The van der Waals surface area contributed by atoms with Crippen molar-refractivity contribution in [3.8, 4) is 0 Å². The van der Waals surface area contributed by atoms with E-state index in [1.165, 1.54) is 0 Å². The number of aliphatic hydroxyl groups excluding tert-OH is 1. The van der Waals surface area contributed by atoms with Crippen LogP contribution >= 0.6 is 15.9 Å². The number of hydrogen-bond donors (Lipinski definition) is 1.